The van der Waals surface area contributed by atoms with Gasteiger partial charge >= 0.3 is 0 Å². The molecule has 0 aliphatic heterocycles. The van der Waals surface area contributed by atoms with Crippen molar-refractivity contribution in [3.8, 4) is 5.75 Å². The highest BCUT2D eigenvalue weighted by Gasteiger charge is 2.21. The topological polar surface area (TPSA) is 55.4 Å². The van der Waals surface area contributed by atoms with Crippen LogP contribution in [0.4, 0.5) is 5.69 Å². The van der Waals surface area contributed by atoms with Gasteiger partial charge in [0.2, 0.25) is 0 Å². The monoisotopic (exact) mass is 383 g/mol. The summed E-state index contributed by atoms with van der Waals surface area (Å²) in [6.45, 7) is 5.73. The van der Waals surface area contributed by atoms with Crippen LogP contribution >= 0.6 is 15.9 Å². The summed E-state index contributed by atoms with van der Waals surface area (Å²) in [7, 11) is -2.27. The molecule has 0 radical (unpaired) electrons. The summed E-state index contributed by atoms with van der Waals surface area (Å²) in [5.41, 5.74) is 3.40. The van der Waals surface area contributed by atoms with Gasteiger partial charge in [-0.15, -0.1) is 0 Å². The molecule has 0 aliphatic rings. The average Bonchev–Trinajstić information content (AvgIpc) is 2.44. The van der Waals surface area contributed by atoms with Crippen LogP contribution in [0.1, 0.15) is 16.7 Å². The molecule has 2 aromatic rings. The molecule has 0 spiro atoms. The third kappa shape index (κ3) is 3.44. The third-order valence-electron chi connectivity index (χ3n) is 3.44. The van der Waals surface area contributed by atoms with Gasteiger partial charge in [0.25, 0.3) is 10.0 Å². The molecule has 0 saturated heterocycles. The SMILES string of the molecule is COc1cc(C)c(C)cc1S(=O)(=O)Nc1ccc(C)cc1Br. The number of methoxy groups -OCH3 is 1. The van der Waals surface area contributed by atoms with Crippen molar-refractivity contribution >= 4 is 31.6 Å². The van der Waals surface area contributed by atoms with E-state index in [0.717, 1.165) is 16.7 Å². The van der Waals surface area contributed by atoms with Crippen LogP contribution in [0.3, 0.4) is 0 Å². The Kier molecular flexibility index (Phi) is 4.82. The van der Waals surface area contributed by atoms with Gasteiger partial charge in [0.05, 0.1) is 12.8 Å². The molecular weight excluding hydrogens is 366 g/mol. The van der Waals surface area contributed by atoms with Gasteiger partial charge < -0.3 is 4.74 Å². The summed E-state index contributed by atoms with van der Waals surface area (Å²) < 4.78 is 33.9. The van der Waals surface area contributed by atoms with Gasteiger partial charge in [-0.1, -0.05) is 6.07 Å². The van der Waals surface area contributed by atoms with Crippen LogP contribution < -0.4 is 9.46 Å². The number of sulfonamides is 1. The zero-order valence-electron chi connectivity index (χ0n) is 12.9. The zero-order chi connectivity index (χ0) is 16.5. The normalized spacial score (nSPS) is 11.3. The van der Waals surface area contributed by atoms with Crippen LogP contribution in [0.2, 0.25) is 0 Å². The van der Waals surface area contributed by atoms with Gasteiger partial charge in [-0.3, -0.25) is 4.72 Å². The number of hydrogen-bond donors (Lipinski definition) is 1. The second-order valence-corrected chi connectivity index (χ2v) is 7.68. The first-order valence-electron chi connectivity index (χ1n) is 6.69. The number of rotatable bonds is 4. The molecular formula is C16H18BrNO3S. The molecule has 4 nitrogen and oxygen atoms in total. The average molecular weight is 384 g/mol. The Morgan fingerprint density at radius 2 is 1.68 bits per heavy atom. The van der Waals surface area contributed by atoms with Crippen LogP contribution in [0.5, 0.6) is 5.75 Å². The van der Waals surface area contributed by atoms with Gasteiger partial charge in [-0.2, -0.15) is 0 Å². The van der Waals surface area contributed by atoms with E-state index in [9.17, 15) is 8.42 Å². The minimum absolute atomic E-state index is 0.130. The smallest absolute Gasteiger partial charge is 0.265 e. The second kappa shape index (κ2) is 6.30. The Morgan fingerprint density at radius 1 is 1.05 bits per heavy atom. The highest BCUT2D eigenvalue weighted by molar-refractivity contribution is 9.10. The molecule has 2 aromatic carbocycles. The molecule has 0 aromatic heterocycles. The lowest BCUT2D eigenvalue weighted by Gasteiger charge is -2.14. The van der Waals surface area contributed by atoms with Crippen molar-refractivity contribution in [1.82, 2.24) is 0 Å². The van der Waals surface area contributed by atoms with Crippen molar-refractivity contribution in [1.29, 1.82) is 0 Å². The molecule has 0 fully saturated rings. The number of benzene rings is 2. The summed E-state index contributed by atoms with van der Waals surface area (Å²) in [6, 6.07) is 8.78. The number of anilines is 1. The number of ether oxygens (including phenoxy) is 1. The van der Waals surface area contributed by atoms with Crippen LogP contribution in [-0.4, -0.2) is 15.5 Å². The Labute approximate surface area is 139 Å². The lowest BCUT2D eigenvalue weighted by Crippen LogP contribution is -2.15. The Bertz CT molecular complexity index is 816. The molecule has 1 N–H and O–H groups in total. The molecule has 0 heterocycles. The molecule has 2 rings (SSSR count). The fraction of sp³-hybridized carbons (Fsp3) is 0.250. The molecule has 0 amide bonds. The fourth-order valence-corrected chi connectivity index (χ4v) is 4.08. The Hall–Kier alpha value is -1.53. The minimum Gasteiger partial charge on any atom is -0.495 e. The second-order valence-electron chi connectivity index (χ2n) is 5.18. The number of halogens is 1. The summed E-state index contributed by atoms with van der Waals surface area (Å²) in [4.78, 5) is 0.130. The van der Waals surface area contributed by atoms with Gasteiger partial charge in [-0.25, -0.2) is 8.42 Å². The Morgan fingerprint density at radius 3 is 2.27 bits per heavy atom. The lowest BCUT2D eigenvalue weighted by molar-refractivity contribution is 0.402. The quantitative estimate of drug-likeness (QED) is 0.860. The van der Waals surface area contributed by atoms with E-state index in [-0.39, 0.29) is 4.90 Å². The van der Waals surface area contributed by atoms with Gasteiger partial charge in [0, 0.05) is 4.47 Å². The predicted molar refractivity (Wildman–Crippen MR) is 92.2 cm³/mol. The molecule has 6 heteroatoms. The lowest BCUT2D eigenvalue weighted by atomic mass is 10.1. The number of nitrogens with one attached hydrogen (secondary N) is 1. The molecule has 0 bridgehead atoms. The highest BCUT2D eigenvalue weighted by atomic mass is 79.9. The van der Waals surface area contributed by atoms with E-state index >= 15 is 0 Å². The molecule has 22 heavy (non-hydrogen) atoms. The van der Waals surface area contributed by atoms with Crippen LogP contribution in [0, 0.1) is 20.8 Å². The van der Waals surface area contributed by atoms with Gasteiger partial charge in [0.1, 0.15) is 10.6 Å². The van der Waals surface area contributed by atoms with Crippen molar-refractivity contribution in [3.05, 3.63) is 51.5 Å². The van der Waals surface area contributed by atoms with Crippen LogP contribution in [-0.2, 0) is 10.0 Å². The standard InChI is InChI=1S/C16H18BrNO3S/c1-10-5-6-14(13(17)7-10)18-22(19,20)16-9-12(3)11(2)8-15(16)21-4/h5-9,18H,1-4H3. The Balaban J connectivity index is 2.49. The van der Waals surface area contributed by atoms with Crippen molar-refractivity contribution in [3.63, 3.8) is 0 Å². The highest BCUT2D eigenvalue weighted by Crippen LogP contribution is 2.31. The maximum Gasteiger partial charge on any atom is 0.265 e. The third-order valence-corrected chi connectivity index (χ3v) is 5.48. The summed E-state index contributed by atoms with van der Waals surface area (Å²) in [6.07, 6.45) is 0. The number of aryl methyl sites for hydroxylation is 3. The van der Waals surface area contributed by atoms with E-state index in [0.29, 0.717) is 15.9 Å². The predicted octanol–water partition coefficient (Wildman–Crippen LogP) is 4.18. The van der Waals surface area contributed by atoms with Crippen LogP contribution in [0.15, 0.2) is 39.7 Å². The van der Waals surface area contributed by atoms with E-state index in [4.69, 9.17) is 4.74 Å². The first-order chi connectivity index (χ1) is 10.2. The zero-order valence-corrected chi connectivity index (χ0v) is 15.3. The van der Waals surface area contributed by atoms with E-state index in [1.54, 1.807) is 18.2 Å². The first-order valence-corrected chi connectivity index (χ1v) is 8.96. The molecule has 0 unspecified atom stereocenters. The van der Waals surface area contributed by atoms with Crippen molar-refractivity contribution < 1.29 is 13.2 Å². The van der Waals surface area contributed by atoms with Crippen LogP contribution in [0.25, 0.3) is 0 Å². The van der Waals surface area contributed by atoms with E-state index < -0.39 is 10.0 Å². The number of hydrogen-bond acceptors (Lipinski definition) is 3. The van der Waals surface area contributed by atoms with E-state index in [1.807, 2.05) is 32.9 Å². The van der Waals surface area contributed by atoms with Crippen molar-refractivity contribution in [2.45, 2.75) is 25.7 Å². The van der Waals surface area contributed by atoms with E-state index in [1.165, 1.54) is 7.11 Å². The van der Waals surface area contributed by atoms with Crippen molar-refractivity contribution in [2.24, 2.45) is 0 Å². The molecule has 0 atom stereocenters. The molecule has 0 aliphatic carbocycles. The molecule has 118 valence electrons. The maximum absolute atomic E-state index is 12.7. The summed E-state index contributed by atoms with van der Waals surface area (Å²) >= 11 is 3.38. The molecule has 0 saturated carbocycles. The van der Waals surface area contributed by atoms with E-state index in [2.05, 4.69) is 20.7 Å². The largest absolute Gasteiger partial charge is 0.495 e. The van der Waals surface area contributed by atoms with Gasteiger partial charge in [0.15, 0.2) is 0 Å². The van der Waals surface area contributed by atoms with Crippen molar-refractivity contribution in [2.75, 3.05) is 11.8 Å². The summed E-state index contributed by atoms with van der Waals surface area (Å²) in [5, 5.41) is 0. The summed E-state index contributed by atoms with van der Waals surface area (Å²) in [5.74, 6) is 0.332. The fourth-order valence-electron chi connectivity index (χ4n) is 2.04. The maximum atomic E-state index is 12.7. The first kappa shape index (κ1) is 16.8. The van der Waals surface area contributed by atoms with Gasteiger partial charge in [-0.05, 0) is 77.7 Å². The minimum atomic E-state index is -3.74.